The molecule has 0 aliphatic rings. The summed E-state index contributed by atoms with van der Waals surface area (Å²) in [5, 5.41) is 9.21. The van der Waals surface area contributed by atoms with Crippen molar-refractivity contribution in [3.63, 3.8) is 0 Å². The van der Waals surface area contributed by atoms with Gasteiger partial charge < -0.3 is 24.8 Å². The van der Waals surface area contributed by atoms with E-state index in [4.69, 9.17) is 9.26 Å². The monoisotopic (exact) mass is 347 g/mol. The summed E-state index contributed by atoms with van der Waals surface area (Å²) in [6.45, 7) is 2.08. The second-order valence-electron chi connectivity index (χ2n) is 5.31. The third kappa shape index (κ3) is 5.57. The Hall–Kier alpha value is -2.94. The minimum atomic E-state index is -0.336. The zero-order valence-corrected chi connectivity index (χ0v) is 14.4. The molecule has 0 aliphatic heterocycles. The fourth-order valence-corrected chi connectivity index (χ4v) is 1.99. The minimum Gasteiger partial charge on any atom is -0.375 e. The Morgan fingerprint density at radius 1 is 1.28 bits per heavy atom. The maximum absolute atomic E-state index is 12.2. The number of hydrogen-bond acceptors (Lipinski definition) is 6. The summed E-state index contributed by atoms with van der Waals surface area (Å²) in [6.07, 6.45) is 0.668. The maximum Gasteiger partial charge on any atom is 0.322 e. The van der Waals surface area contributed by atoms with E-state index >= 15 is 0 Å². The molecule has 0 saturated carbocycles. The molecular weight excluding hydrogens is 326 g/mol. The first-order chi connectivity index (χ1) is 12.0. The molecule has 2 N–H and O–H groups in total. The van der Waals surface area contributed by atoms with Gasteiger partial charge in [0.15, 0.2) is 5.82 Å². The van der Waals surface area contributed by atoms with Crippen LogP contribution in [-0.4, -0.2) is 47.7 Å². The van der Waals surface area contributed by atoms with Crippen LogP contribution in [0.15, 0.2) is 28.8 Å². The first kappa shape index (κ1) is 18.4. The van der Waals surface area contributed by atoms with Gasteiger partial charge in [0, 0.05) is 32.0 Å². The molecule has 0 spiro atoms. The van der Waals surface area contributed by atoms with Gasteiger partial charge in [0.1, 0.15) is 13.2 Å². The summed E-state index contributed by atoms with van der Waals surface area (Å²) in [4.78, 5) is 29.4. The average Bonchev–Trinajstić information content (AvgIpc) is 3.03. The maximum atomic E-state index is 12.2. The lowest BCUT2D eigenvalue weighted by Gasteiger charge is -2.16. The zero-order valence-electron chi connectivity index (χ0n) is 14.4. The van der Waals surface area contributed by atoms with Crippen molar-refractivity contribution < 1.29 is 18.8 Å². The molecule has 0 aliphatic carbocycles. The van der Waals surface area contributed by atoms with Gasteiger partial charge in [-0.25, -0.2) is 4.79 Å². The van der Waals surface area contributed by atoms with Crippen molar-refractivity contribution in [2.75, 3.05) is 31.4 Å². The van der Waals surface area contributed by atoms with Gasteiger partial charge in [0.2, 0.25) is 11.8 Å². The third-order valence-corrected chi connectivity index (χ3v) is 3.22. The second kappa shape index (κ2) is 8.78. The van der Waals surface area contributed by atoms with Gasteiger partial charge in [0.05, 0.1) is 0 Å². The smallest absolute Gasteiger partial charge is 0.322 e. The number of nitrogens with one attached hydrogen (secondary N) is 2. The quantitative estimate of drug-likeness (QED) is 0.791. The first-order valence-corrected chi connectivity index (χ1v) is 7.74. The number of carbonyl (C=O) groups is 2. The number of aryl methyl sites for hydroxylation is 1. The van der Waals surface area contributed by atoms with Crippen molar-refractivity contribution in [3.05, 3.63) is 36.0 Å². The van der Waals surface area contributed by atoms with E-state index in [1.54, 1.807) is 31.3 Å². The van der Waals surface area contributed by atoms with E-state index in [1.807, 2.05) is 6.92 Å². The predicted molar refractivity (Wildman–Crippen MR) is 91.1 cm³/mol. The molecule has 1 heterocycles. The van der Waals surface area contributed by atoms with Crippen LogP contribution >= 0.6 is 0 Å². The van der Waals surface area contributed by atoms with Crippen LogP contribution in [0.1, 0.15) is 18.6 Å². The zero-order chi connectivity index (χ0) is 18.2. The van der Waals surface area contributed by atoms with Crippen LogP contribution in [0, 0.1) is 0 Å². The lowest BCUT2D eigenvalue weighted by Crippen LogP contribution is -2.31. The lowest BCUT2D eigenvalue weighted by molar-refractivity contribution is -0.119. The number of hydrogen-bond donors (Lipinski definition) is 2. The summed E-state index contributed by atoms with van der Waals surface area (Å²) < 4.78 is 9.83. The molecule has 9 nitrogen and oxygen atoms in total. The Kier molecular flexibility index (Phi) is 6.47. The van der Waals surface area contributed by atoms with Crippen LogP contribution in [0.2, 0.25) is 0 Å². The highest BCUT2D eigenvalue weighted by atomic mass is 16.5. The summed E-state index contributed by atoms with van der Waals surface area (Å²) in [7, 11) is 3.06. The summed E-state index contributed by atoms with van der Waals surface area (Å²) in [6, 6.07) is 6.48. The predicted octanol–water partition coefficient (Wildman–Crippen LogP) is 1.88. The van der Waals surface area contributed by atoms with Crippen molar-refractivity contribution in [2.45, 2.75) is 19.9 Å². The van der Waals surface area contributed by atoms with E-state index in [0.29, 0.717) is 29.5 Å². The number of benzene rings is 1. The Morgan fingerprint density at radius 3 is 2.64 bits per heavy atom. The minimum absolute atomic E-state index is 0.0384. The highest BCUT2D eigenvalue weighted by molar-refractivity contribution is 5.94. The van der Waals surface area contributed by atoms with Crippen molar-refractivity contribution in [2.24, 2.45) is 0 Å². The summed E-state index contributed by atoms with van der Waals surface area (Å²) >= 11 is 0. The van der Waals surface area contributed by atoms with Crippen LogP contribution in [0.4, 0.5) is 16.2 Å². The molecule has 3 amide bonds. The fourth-order valence-electron chi connectivity index (χ4n) is 1.99. The number of carbonyl (C=O) groups excluding carboxylic acids is 2. The summed E-state index contributed by atoms with van der Waals surface area (Å²) in [5.74, 6) is 0.699. The van der Waals surface area contributed by atoms with Crippen LogP contribution in [-0.2, 0) is 22.5 Å². The van der Waals surface area contributed by atoms with Crippen LogP contribution in [0.5, 0.6) is 0 Å². The lowest BCUT2D eigenvalue weighted by atomic mass is 10.2. The molecule has 1 aromatic carbocycles. The second-order valence-corrected chi connectivity index (χ2v) is 5.31. The van der Waals surface area contributed by atoms with E-state index in [2.05, 4.69) is 20.8 Å². The number of anilines is 2. The van der Waals surface area contributed by atoms with Crippen molar-refractivity contribution in [1.29, 1.82) is 0 Å². The molecule has 25 heavy (non-hydrogen) atoms. The largest absolute Gasteiger partial charge is 0.375 e. The average molecular weight is 347 g/mol. The van der Waals surface area contributed by atoms with Crippen molar-refractivity contribution in [3.8, 4) is 0 Å². The van der Waals surface area contributed by atoms with E-state index < -0.39 is 0 Å². The first-order valence-electron chi connectivity index (χ1n) is 7.74. The third-order valence-electron chi connectivity index (χ3n) is 3.22. The molecule has 2 rings (SSSR count). The van der Waals surface area contributed by atoms with Crippen LogP contribution in [0.3, 0.4) is 0 Å². The topological polar surface area (TPSA) is 110 Å². The molecule has 0 fully saturated rings. The Morgan fingerprint density at radius 2 is 2.00 bits per heavy atom. The van der Waals surface area contributed by atoms with Gasteiger partial charge in [-0.15, -0.1) is 0 Å². The van der Waals surface area contributed by atoms with E-state index in [0.717, 1.165) is 0 Å². The van der Waals surface area contributed by atoms with Gasteiger partial charge in [-0.3, -0.25) is 4.79 Å². The van der Waals surface area contributed by atoms with Crippen molar-refractivity contribution in [1.82, 2.24) is 15.0 Å². The normalized spacial score (nSPS) is 10.4. The van der Waals surface area contributed by atoms with E-state index in [-0.39, 0.29) is 25.1 Å². The fraction of sp³-hybridized carbons (Fsp3) is 0.375. The molecule has 134 valence electrons. The van der Waals surface area contributed by atoms with Crippen molar-refractivity contribution >= 4 is 23.3 Å². The Labute approximate surface area is 145 Å². The van der Waals surface area contributed by atoms with Gasteiger partial charge in [0.25, 0.3) is 0 Å². The number of nitrogens with zero attached hydrogens (tertiary/aromatic N) is 3. The Bertz CT molecular complexity index is 731. The van der Waals surface area contributed by atoms with Gasteiger partial charge in [-0.1, -0.05) is 18.1 Å². The van der Waals surface area contributed by atoms with Gasteiger partial charge >= 0.3 is 6.03 Å². The summed E-state index contributed by atoms with van der Waals surface area (Å²) in [5.41, 5.74) is 1.11. The molecule has 0 unspecified atom stereocenters. The highest BCUT2D eigenvalue weighted by Crippen LogP contribution is 2.16. The SMILES string of the molecule is CCc1noc(CN(C)C(=O)Nc2cccc(NC(=O)COC)c2)n1. The molecular formula is C16H21N5O4. The number of urea groups is 1. The van der Waals surface area contributed by atoms with E-state index in [1.165, 1.54) is 12.0 Å². The van der Waals surface area contributed by atoms with Gasteiger partial charge in [-0.2, -0.15) is 4.98 Å². The molecule has 2 aromatic rings. The highest BCUT2D eigenvalue weighted by Gasteiger charge is 2.14. The van der Waals surface area contributed by atoms with E-state index in [9.17, 15) is 9.59 Å². The molecule has 9 heteroatoms. The van der Waals surface area contributed by atoms with Crippen LogP contribution < -0.4 is 10.6 Å². The number of amides is 3. The number of aromatic nitrogens is 2. The number of ether oxygens (including phenoxy) is 1. The standard InChI is InChI=1S/C16H21N5O4/c1-4-13-19-15(25-20-13)9-21(2)16(23)18-12-7-5-6-11(8-12)17-14(22)10-24-3/h5-8H,4,9-10H2,1-3H3,(H,17,22)(H,18,23). The molecule has 0 radical (unpaired) electrons. The molecule has 0 atom stereocenters. The van der Waals surface area contributed by atoms with Crippen LogP contribution in [0.25, 0.3) is 0 Å². The van der Waals surface area contributed by atoms with Gasteiger partial charge in [-0.05, 0) is 18.2 Å². The number of methoxy groups -OCH3 is 1. The molecule has 0 bridgehead atoms. The molecule has 0 saturated heterocycles. The molecule has 1 aromatic heterocycles. The Balaban J connectivity index is 1.93. The number of rotatable bonds is 7.